The lowest BCUT2D eigenvalue weighted by molar-refractivity contribution is -0.385. The van der Waals surface area contributed by atoms with Crippen LogP contribution in [-0.4, -0.2) is 20.6 Å². The third kappa shape index (κ3) is 3.22. The van der Waals surface area contributed by atoms with E-state index in [0.717, 1.165) is 0 Å². The number of hydrogen-bond acceptors (Lipinski definition) is 5. The zero-order valence-corrected chi connectivity index (χ0v) is 10.9. The largest absolute Gasteiger partial charge is 0.467 e. The monoisotopic (exact) mass is 278 g/mol. The molecule has 2 aromatic heterocycles. The molecular weight excluding hydrogens is 264 g/mol. The number of furan rings is 1. The molecular formula is C12H14N4O4. The maximum Gasteiger partial charge on any atom is 0.309 e. The van der Waals surface area contributed by atoms with Crippen molar-refractivity contribution in [2.24, 2.45) is 0 Å². The molecule has 8 heteroatoms. The maximum absolute atomic E-state index is 11.6. The van der Waals surface area contributed by atoms with Gasteiger partial charge in [-0.25, -0.2) is 0 Å². The Morgan fingerprint density at radius 2 is 2.40 bits per heavy atom. The molecule has 0 unspecified atom stereocenters. The van der Waals surface area contributed by atoms with Crippen LogP contribution in [0.25, 0.3) is 0 Å². The highest BCUT2D eigenvalue weighted by molar-refractivity contribution is 5.75. The summed E-state index contributed by atoms with van der Waals surface area (Å²) in [7, 11) is 0. The Morgan fingerprint density at radius 1 is 1.60 bits per heavy atom. The van der Waals surface area contributed by atoms with Crippen molar-refractivity contribution in [1.29, 1.82) is 0 Å². The van der Waals surface area contributed by atoms with E-state index in [4.69, 9.17) is 4.42 Å². The molecule has 8 nitrogen and oxygen atoms in total. The SMILES string of the molecule is Cc1c([N+](=O)[O-])cnn1CCC(=O)NCc1ccco1. The van der Waals surface area contributed by atoms with Crippen molar-refractivity contribution >= 4 is 11.6 Å². The second kappa shape index (κ2) is 6.00. The maximum atomic E-state index is 11.6. The van der Waals surface area contributed by atoms with Gasteiger partial charge in [-0.2, -0.15) is 5.10 Å². The normalized spacial score (nSPS) is 10.4. The molecule has 0 atom stereocenters. The first kappa shape index (κ1) is 13.8. The van der Waals surface area contributed by atoms with Gasteiger partial charge in [-0.15, -0.1) is 0 Å². The third-order valence-electron chi connectivity index (χ3n) is 2.86. The molecule has 0 saturated heterocycles. The fourth-order valence-corrected chi connectivity index (χ4v) is 1.74. The van der Waals surface area contributed by atoms with Crippen LogP contribution in [-0.2, 0) is 17.9 Å². The van der Waals surface area contributed by atoms with Crippen LogP contribution in [0.1, 0.15) is 17.9 Å². The number of aryl methyl sites for hydroxylation is 1. The Morgan fingerprint density at radius 3 is 3.00 bits per heavy atom. The first-order valence-corrected chi connectivity index (χ1v) is 6.04. The minimum Gasteiger partial charge on any atom is -0.467 e. The second-order valence-corrected chi connectivity index (χ2v) is 4.20. The number of aromatic nitrogens is 2. The van der Waals surface area contributed by atoms with Gasteiger partial charge in [0.2, 0.25) is 5.91 Å². The average molecular weight is 278 g/mol. The van der Waals surface area contributed by atoms with E-state index in [1.165, 1.54) is 17.1 Å². The number of nitrogens with one attached hydrogen (secondary N) is 1. The van der Waals surface area contributed by atoms with Gasteiger partial charge in [0.25, 0.3) is 0 Å². The second-order valence-electron chi connectivity index (χ2n) is 4.20. The van der Waals surface area contributed by atoms with Crippen molar-refractivity contribution in [2.75, 3.05) is 0 Å². The molecule has 2 aromatic rings. The number of carbonyl (C=O) groups excluding carboxylic acids is 1. The molecule has 20 heavy (non-hydrogen) atoms. The van der Waals surface area contributed by atoms with Crippen LogP contribution >= 0.6 is 0 Å². The molecule has 0 saturated carbocycles. The van der Waals surface area contributed by atoms with Gasteiger partial charge in [-0.3, -0.25) is 19.6 Å². The highest BCUT2D eigenvalue weighted by Crippen LogP contribution is 2.16. The van der Waals surface area contributed by atoms with E-state index in [0.29, 0.717) is 24.5 Å². The Labute approximate surface area is 114 Å². The van der Waals surface area contributed by atoms with Crippen molar-refractivity contribution in [3.8, 4) is 0 Å². The number of hydrogen-bond donors (Lipinski definition) is 1. The summed E-state index contributed by atoms with van der Waals surface area (Å²) in [6.45, 7) is 2.22. The van der Waals surface area contributed by atoms with Crippen molar-refractivity contribution < 1.29 is 14.1 Å². The van der Waals surface area contributed by atoms with Crippen molar-refractivity contribution in [1.82, 2.24) is 15.1 Å². The van der Waals surface area contributed by atoms with Gasteiger partial charge in [0, 0.05) is 6.42 Å². The first-order chi connectivity index (χ1) is 9.58. The molecule has 1 amide bonds. The topological polar surface area (TPSA) is 103 Å². The van der Waals surface area contributed by atoms with Crippen molar-refractivity contribution in [2.45, 2.75) is 26.4 Å². The summed E-state index contributed by atoms with van der Waals surface area (Å²) in [6.07, 6.45) is 2.92. The zero-order valence-electron chi connectivity index (χ0n) is 10.9. The van der Waals surface area contributed by atoms with Gasteiger partial charge < -0.3 is 9.73 Å². The quantitative estimate of drug-likeness (QED) is 0.635. The van der Waals surface area contributed by atoms with Crippen LogP contribution in [0.15, 0.2) is 29.0 Å². The van der Waals surface area contributed by atoms with E-state index in [9.17, 15) is 14.9 Å². The molecule has 1 N–H and O–H groups in total. The summed E-state index contributed by atoms with van der Waals surface area (Å²) in [6, 6.07) is 3.51. The molecule has 2 heterocycles. The summed E-state index contributed by atoms with van der Waals surface area (Å²) >= 11 is 0. The summed E-state index contributed by atoms with van der Waals surface area (Å²) in [5.41, 5.74) is 0.398. The fraction of sp³-hybridized carbons (Fsp3) is 0.333. The Bertz CT molecular complexity index is 603. The predicted octanol–water partition coefficient (Wildman–Crippen LogP) is 1.40. The van der Waals surface area contributed by atoms with Gasteiger partial charge in [0.15, 0.2) is 0 Å². The minimum atomic E-state index is -0.490. The van der Waals surface area contributed by atoms with Gasteiger partial charge in [0.1, 0.15) is 17.7 Å². The van der Waals surface area contributed by atoms with Crippen molar-refractivity contribution in [3.63, 3.8) is 0 Å². The summed E-state index contributed by atoms with van der Waals surface area (Å²) in [4.78, 5) is 21.8. The Balaban J connectivity index is 1.83. The molecule has 0 aromatic carbocycles. The number of carbonyl (C=O) groups is 1. The van der Waals surface area contributed by atoms with E-state index in [1.807, 2.05) is 0 Å². The van der Waals surface area contributed by atoms with Crippen LogP contribution < -0.4 is 5.32 Å². The van der Waals surface area contributed by atoms with Gasteiger partial charge in [-0.05, 0) is 19.1 Å². The predicted molar refractivity (Wildman–Crippen MR) is 68.8 cm³/mol. The van der Waals surface area contributed by atoms with Crippen LogP contribution in [0, 0.1) is 17.0 Å². The van der Waals surface area contributed by atoms with Gasteiger partial charge in [-0.1, -0.05) is 0 Å². The Kier molecular flexibility index (Phi) is 4.14. The van der Waals surface area contributed by atoms with E-state index in [1.54, 1.807) is 19.1 Å². The highest BCUT2D eigenvalue weighted by atomic mass is 16.6. The zero-order chi connectivity index (χ0) is 14.5. The third-order valence-corrected chi connectivity index (χ3v) is 2.86. The standard InChI is InChI=1S/C12H14N4O4/c1-9-11(16(18)19)8-14-15(9)5-4-12(17)13-7-10-3-2-6-20-10/h2-3,6,8H,4-5,7H2,1H3,(H,13,17). The molecule has 2 rings (SSSR count). The molecule has 106 valence electrons. The molecule has 0 aliphatic heterocycles. The first-order valence-electron chi connectivity index (χ1n) is 6.04. The van der Waals surface area contributed by atoms with Crippen LogP contribution in [0.3, 0.4) is 0 Å². The summed E-state index contributed by atoms with van der Waals surface area (Å²) < 4.78 is 6.54. The average Bonchev–Trinajstić information content (AvgIpc) is 3.03. The van der Waals surface area contributed by atoms with Crippen molar-refractivity contribution in [3.05, 3.63) is 46.2 Å². The van der Waals surface area contributed by atoms with Crippen LogP contribution in [0.2, 0.25) is 0 Å². The lowest BCUT2D eigenvalue weighted by Gasteiger charge is -2.05. The molecule has 0 aliphatic rings. The summed E-state index contributed by atoms with van der Waals surface area (Å²) in [5.74, 6) is 0.503. The number of nitro groups is 1. The lowest BCUT2D eigenvalue weighted by Crippen LogP contribution is -2.24. The highest BCUT2D eigenvalue weighted by Gasteiger charge is 2.16. The Hall–Kier alpha value is -2.64. The molecule has 0 aliphatic carbocycles. The van der Waals surface area contributed by atoms with E-state index in [2.05, 4.69) is 10.4 Å². The molecule has 0 spiro atoms. The summed E-state index contributed by atoms with van der Waals surface area (Å²) in [5, 5.41) is 17.3. The van der Waals surface area contributed by atoms with Crippen LogP contribution in [0.4, 0.5) is 5.69 Å². The van der Waals surface area contributed by atoms with Crippen LogP contribution in [0.5, 0.6) is 0 Å². The van der Waals surface area contributed by atoms with Gasteiger partial charge in [0.05, 0.1) is 24.3 Å². The lowest BCUT2D eigenvalue weighted by atomic mass is 10.3. The van der Waals surface area contributed by atoms with E-state index < -0.39 is 4.92 Å². The smallest absolute Gasteiger partial charge is 0.309 e. The molecule has 0 radical (unpaired) electrons. The fourth-order valence-electron chi connectivity index (χ4n) is 1.74. The molecule has 0 bridgehead atoms. The minimum absolute atomic E-state index is 0.0407. The number of amides is 1. The molecule has 0 fully saturated rings. The van der Waals surface area contributed by atoms with E-state index in [-0.39, 0.29) is 18.0 Å². The van der Waals surface area contributed by atoms with Gasteiger partial charge >= 0.3 is 5.69 Å². The number of nitrogens with zero attached hydrogens (tertiary/aromatic N) is 3. The van der Waals surface area contributed by atoms with E-state index >= 15 is 0 Å². The number of rotatable bonds is 6.